The molecule has 0 bridgehead atoms. The number of hydrogen-bond acceptors (Lipinski definition) is 5. The molecule has 6 heteroatoms. The van der Waals surface area contributed by atoms with Gasteiger partial charge in [-0.2, -0.15) is 0 Å². The van der Waals surface area contributed by atoms with Crippen molar-refractivity contribution in [3.63, 3.8) is 0 Å². The number of amides is 1. The van der Waals surface area contributed by atoms with E-state index in [1.807, 2.05) is 4.90 Å². The van der Waals surface area contributed by atoms with E-state index in [0.29, 0.717) is 18.9 Å². The van der Waals surface area contributed by atoms with Crippen LogP contribution in [0.5, 0.6) is 0 Å². The third-order valence-electron chi connectivity index (χ3n) is 3.99. The van der Waals surface area contributed by atoms with E-state index < -0.39 is 0 Å². The van der Waals surface area contributed by atoms with Crippen LogP contribution >= 0.6 is 11.3 Å². The number of nitrogens with zero attached hydrogens (tertiary/aromatic N) is 3. The lowest BCUT2D eigenvalue weighted by atomic mass is 9.97. The van der Waals surface area contributed by atoms with Crippen molar-refractivity contribution >= 4 is 23.2 Å². The topological polar surface area (TPSA) is 58.1 Å². The summed E-state index contributed by atoms with van der Waals surface area (Å²) in [7, 11) is 0. The lowest BCUT2D eigenvalue weighted by Gasteiger charge is -2.35. The maximum Gasteiger partial charge on any atom is 0.224 e. The van der Waals surface area contributed by atoms with E-state index in [9.17, 15) is 4.79 Å². The fraction of sp³-hybridized carbons (Fsp3) is 0.438. The first-order valence-electron chi connectivity index (χ1n) is 7.66. The molecule has 22 heavy (non-hydrogen) atoms. The number of carbonyl (C=O) groups excluding carboxylic acids is 1. The standard InChI is InChI=1S/C16H20N4OS/c1-2-13-12-6-11-22-14(12)5-10-20(13)15(21)4-9-19-16-17-7-3-8-18-16/h3,6-8,11,13H,2,4-5,9-10H2,1H3,(H,17,18,19)/t13-/m0/s1. The zero-order valence-corrected chi connectivity index (χ0v) is 13.5. The minimum atomic E-state index is 0.201. The van der Waals surface area contributed by atoms with Crippen LogP contribution in [0.1, 0.15) is 36.2 Å². The molecule has 0 fully saturated rings. The molecule has 1 atom stereocenters. The zero-order chi connectivity index (χ0) is 15.4. The molecule has 3 rings (SSSR count). The number of nitrogens with one attached hydrogen (secondary N) is 1. The van der Waals surface area contributed by atoms with Crippen LogP contribution in [0.3, 0.4) is 0 Å². The number of fused-ring (bicyclic) bond motifs is 1. The first-order valence-corrected chi connectivity index (χ1v) is 8.54. The Morgan fingerprint density at radius 3 is 3.05 bits per heavy atom. The zero-order valence-electron chi connectivity index (χ0n) is 12.7. The quantitative estimate of drug-likeness (QED) is 0.921. The van der Waals surface area contributed by atoms with E-state index >= 15 is 0 Å². The molecule has 0 aliphatic carbocycles. The lowest BCUT2D eigenvalue weighted by Crippen LogP contribution is -2.39. The fourth-order valence-electron chi connectivity index (χ4n) is 2.95. The number of anilines is 1. The molecule has 0 spiro atoms. The largest absolute Gasteiger partial charge is 0.354 e. The number of aromatic nitrogens is 2. The van der Waals surface area contributed by atoms with Gasteiger partial charge in [0.2, 0.25) is 11.9 Å². The molecule has 2 aromatic heterocycles. The van der Waals surface area contributed by atoms with Crippen molar-refractivity contribution in [2.45, 2.75) is 32.2 Å². The normalized spacial score (nSPS) is 17.1. The van der Waals surface area contributed by atoms with Crippen molar-refractivity contribution in [3.8, 4) is 0 Å². The van der Waals surface area contributed by atoms with E-state index in [1.54, 1.807) is 29.8 Å². The predicted molar refractivity (Wildman–Crippen MR) is 87.9 cm³/mol. The van der Waals surface area contributed by atoms with E-state index in [-0.39, 0.29) is 11.9 Å². The molecule has 5 nitrogen and oxygen atoms in total. The van der Waals surface area contributed by atoms with Crippen molar-refractivity contribution < 1.29 is 4.79 Å². The van der Waals surface area contributed by atoms with E-state index in [4.69, 9.17) is 0 Å². The van der Waals surface area contributed by atoms with Gasteiger partial charge < -0.3 is 10.2 Å². The van der Waals surface area contributed by atoms with Gasteiger partial charge in [0.25, 0.3) is 0 Å². The van der Waals surface area contributed by atoms with Crippen molar-refractivity contribution in [2.75, 3.05) is 18.4 Å². The highest BCUT2D eigenvalue weighted by Crippen LogP contribution is 2.35. The molecule has 1 N–H and O–H groups in total. The summed E-state index contributed by atoms with van der Waals surface area (Å²) in [6.07, 6.45) is 5.78. The van der Waals surface area contributed by atoms with Gasteiger partial charge >= 0.3 is 0 Å². The molecule has 0 saturated heterocycles. The number of rotatable bonds is 5. The lowest BCUT2D eigenvalue weighted by molar-refractivity contribution is -0.133. The maximum atomic E-state index is 12.5. The van der Waals surface area contributed by atoms with Crippen molar-refractivity contribution in [1.82, 2.24) is 14.9 Å². The average molecular weight is 316 g/mol. The molecule has 116 valence electrons. The van der Waals surface area contributed by atoms with Crippen LogP contribution in [0.25, 0.3) is 0 Å². The van der Waals surface area contributed by atoms with Gasteiger partial charge in [0, 0.05) is 36.8 Å². The van der Waals surface area contributed by atoms with Gasteiger partial charge in [0.1, 0.15) is 0 Å². The van der Waals surface area contributed by atoms with Gasteiger partial charge in [-0.15, -0.1) is 11.3 Å². The predicted octanol–water partition coefficient (Wildman–Crippen LogP) is 2.88. The molecule has 1 aliphatic heterocycles. The van der Waals surface area contributed by atoms with Crippen molar-refractivity contribution in [2.24, 2.45) is 0 Å². The van der Waals surface area contributed by atoms with Gasteiger partial charge in [-0.1, -0.05) is 6.92 Å². The number of carbonyl (C=O) groups is 1. The Morgan fingerprint density at radius 2 is 2.27 bits per heavy atom. The maximum absolute atomic E-state index is 12.5. The minimum absolute atomic E-state index is 0.201. The Labute approximate surface area is 134 Å². The van der Waals surface area contributed by atoms with E-state index in [1.165, 1.54) is 10.4 Å². The summed E-state index contributed by atoms with van der Waals surface area (Å²) in [4.78, 5) is 24.2. The van der Waals surface area contributed by atoms with Crippen molar-refractivity contribution in [1.29, 1.82) is 0 Å². The molecule has 0 unspecified atom stereocenters. The number of thiophene rings is 1. The monoisotopic (exact) mass is 316 g/mol. The Balaban J connectivity index is 1.58. The van der Waals surface area contributed by atoms with Gasteiger partial charge in [0.05, 0.1) is 6.04 Å². The van der Waals surface area contributed by atoms with Crippen molar-refractivity contribution in [3.05, 3.63) is 40.3 Å². The van der Waals surface area contributed by atoms with Crippen LogP contribution in [0.4, 0.5) is 5.95 Å². The van der Waals surface area contributed by atoms with Crippen LogP contribution in [0.2, 0.25) is 0 Å². The molecular weight excluding hydrogens is 296 g/mol. The highest BCUT2D eigenvalue weighted by molar-refractivity contribution is 7.10. The Hall–Kier alpha value is -1.95. The second-order valence-corrected chi connectivity index (χ2v) is 6.31. The molecule has 0 saturated carbocycles. The second-order valence-electron chi connectivity index (χ2n) is 5.31. The highest BCUT2D eigenvalue weighted by Gasteiger charge is 2.29. The van der Waals surface area contributed by atoms with Crippen LogP contribution in [0.15, 0.2) is 29.9 Å². The molecule has 0 aromatic carbocycles. The van der Waals surface area contributed by atoms with Gasteiger partial charge in [-0.05, 0) is 35.9 Å². The third kappa shape index (κ3) is 3.11. The fourth-order valence-corrected chi connectivity index (χ4v) is 3.88. The smallest absolute Gasteiger partial charge is 0.224 e. The Morgan fingerprint density at radius 1 is 1.45 bits per heavy atom. The SMILES string of the molecule is CC[C@H]1c2ccsc2CCN1C(=O)CCNc1ncccn1. The summed E-state index contributed by atoms with van der Waals surface area (Å²) in [5, 5.41) is 5.23. The van der Waals surface area contributed by atoms with Gasteiger partial charge in [0.15, 0.2) is 0 Å². The van der Waals surface area contributed by atoms with Crippen LogP contribution in [-0.2, 0) is 11.2 Å². The second kappa shape index (κ2) is 6.87. The summed E-state index contributed by atoms with van der Waals surface area (Å²) < 4.78 is 0. The minimum Gasteiger partial charge on any atom is -0.354 e. The highest BCUT2D eigenvalue weighted by atomic mass is 32.1. The first-order chi connectivity index (χ1) is 10.8. The Bertz CT molecular complexity index is 628. The van der Waals surface area contributed by atoms with Crippen LogP contribution in [0, 0.1) is 0 Å². The van der Waals surface area contributed by atoms with Crippen LogP contribution < -0.4 is 5.32 Å². The van der Waals surface area contributed by atoms with Gasteiger partial charge in [-0.25, -0.2) is 9.97 Å². The summed E-state index contributed by atoms with van der Waals surface area (Å²) in [5.74, 6) is 0.772. The molecular formula is C16H20N4OS. The average Bonchev–Trinajstić information content (AvgIpc) is 3.03. The molecule has 2 aromatic rings. The molecule has 1 aliphatic rings. The number of hydrogen-bond donors (Lipinski definition) is 1. The first kappa shape index (κ1) is 15.0. The van der Waals surface area contributed by atoms with E-state index in [2.05, 4.69) is 33.7 Å². The summed E-state index contributed by atoms with van der Waals surface area (Å²) in [6.45, 7) is 3.53. The molecule has 1 amide bonds. The third-order valence-corrected chi connectivity index (χ3v) is 4.99. The van der Waals surface area contributed by atoms with Gasteiger partial charge in [-0.3, -0.25) is 4.79 Å². The molecule has 3 heterocycles. The van der Waals surface area contributed by atoms with E-state index in [0.717, 1.165) is 19.4 Å². The summed E-state index contributed by atoms with van der Waals surface area (Å²) in [6, 6.07) is 4.17. The Kier molecular flexibility index (Phi) is 4.68. The molecule has 0 radical (unpaired) electrons. The summed E-state index contributed by atoms with van der Waals surface area (Å²) in [5.41, 5.74) is 1.34. The van der Waals surface area contributed by atoms with Crippen LogP contribution in [-0.4, -0.2) is 33.9 Å². The summed E-state index contributed by atoms with van der Waals surface area (Å²) >= 11 is 1.81.